The van der Waals surface area contributed by atoms with Gasteiger partial charge in [0, 0.05) is 25.7 Å². The van der Waals surface area contributed by atoms with Gasteiger partial charge >= 0.3 is 0 Å². The molecule has 0 aromatic carbocycles. The first-order valence-corrected chi connectivity index (χ1v) is 10.1. The molecule has 0 unspecified atom stereocenters. The number of pyridine rings is 2. The molecule has 30 heavy (non-hydrogen) atoms. The van der Waals surface area contributed by atoms with E-state index in [-0.39, 0.29) is 5.91 Å². The smallest absolute Gasteiger partial charge is 0.256 e. The molecule has 0 radical (unpaired) electrons. The van der Waals surface area contributed by atoms with Crippen molar-refractivity contribution in [2.45, 2.75) is 46.6 Å². The Balaban J connectivity index is 1.68. The quantitative estimate of drug-likeness (QED) is 0.482. The van der Waals surface area contributed by atoms with Crippen LogP contribution in [0.4, 0.5) is 5.82 Å². The van der Waals surface area contributed by atoms with Gasteiger partial charge in [0.1, 0.15) is 33.7 Å². The molecule has 156 valence electrons. The van der Waals surface area contributed by atoms with Crippen molar-refractivity contribution in [3.63, 3.8) is 0 Å². The van der Waals surface area contributed by atoms with E-state index in [1.807, 2.05) is 12.1 Å². The van der Waals surface area contributed by atoms with Crippen molar-refractivity contribution in [3.05, 3.63) is 41.2 Å². The molecule has 0 atom stereocenters. The number of carbonyl (C=O) groups excluding carboxylic acids is 1. The molecule has 0 saturated heterocycles. The van der Waals surface area contributed by atoms with Gasteiger partial charge in [0.05, 0.1) is 11.2 Å². The van der Waals surface area contributed by atoms with Crippen LogP contribution in [0.15, 0.2) is 22.9 Å². The normalized spacial score (nSPS) is 11.4. The second kappa shape index (κ2) is 8.10. The topological polar surface area (TPSA) is 125 Å². The molecular formula is C21H25N7O2. The van der Waals surface area contributed by atoms with Gasteiger partial charge in [-0.2, -0.15) is 0 Å². The fourth-order valence-corrected chi connectivity index (χ4v) is 3.71. The Morgan fingerprint density at radius 1 is 1.27 bits per heavy atom. The largest absolute Gasteiger partial charge is 0.382 e. The average Bonchev–Trinajstić information content (AvgIpc) is 3.27. The summed E-state index contributed by atoms with van der Waals surface area (Å²) in [7, 11) is 0. The third-order valence-electron chi connectivity index (χ3n) is 5.18. The fourth-order valence-electron chi connectivity index (χ4n) is 3.71. The molecule has 4 heterocycles. The van der Waals surface area contributed by atoms with Gasteiger partial charge < -0.3 is 20.1 Å². The summed E-state index contributed by atoms with van der Waals surface area (Å²) in [6, 6.07) is 3.73. The van der Waals surface area contributed by atoms with Crippen LogP contribution < -0.4 is 11.1 Å². The van der Waals surface area contributed by atoms with E-state index >= 15 is 0 Å². The highest BCUT2D eigenvalue weighted by Gasteiger charge is 2.20. The minimum atomic E-state index is -0.199. The van der Waals surface area contributed by atoms with E-state index in [1.165, 1.54) is 0 Å². The van der Waals surface area contributed by atoms with Crippen LogP contribution in [0.5, 0.6) is 0 Å². The minimum absolute atomic E-state index is 0.199. The number of hydrogen-bond donors (Lipinski definition) is 2. The number of nitrogens with two attached hydrogens (primary N) is 1. The van der Waals surface area contributed by atoms with Gasteiger partial charge in [0.25, 0.3) is 5.91 Å². The molecule has 4 aromatic rings. The summed E-state index contributed by atoms with van der Waals surface area (Å²) < 4.78 is 7.20. The first-order valence-electron chi connectivity index (χ1n) is 10.1. The monoisotopic (exact) mass is 407 g/mol. The number of nitrogens with one attached hydrogen (secondary N) is 1. The van der Waals surface area contributed by atoms with Gasteiger partial charge in [-0.05, 0) is 32.4 Å². The molecule has 0 saturated carbocycles. The van der Waals surface area contributed by atoms with Crippen LogP contribution >= 0.6 is 0 Å². The Labute approximate surface area is 173 Å². The van der Waals surface area contributed by atoms with Gasteiger partial charge in [-0.1, -0.05) is 18.5 Å². The number of amides is 1. The number of rotatable bonds is 7. The standard InChI is InChI=1S/C21H25N7O2/c1-4-5-8-15-26-18-19(17-14(25-20(18)22)7-6-9-23-17)28(15)11-10-24-21(29)16-12(2)27-30-13(16)3/h6-7,9H,4-5,8,10-11H2,1-3H3,(H2,22,25)(H,24,29). The number of anilines is 1. The maximum Gasteiger partial charge on any atom is 0.256 e. The Kier molecular flexibility index (Phi) is 5.35. The van der Waals surface area contributed by atoms with E-state index in [2.05, 4.69) is 31.9 Å². The van der Waals surface area contributed by atoms with Crippen LogP contribution in [0.2, 0.25) is 0 Å². The van der Waals surface area contributed by atoms with Crippen LogP contribution in [0.25, 0.3) is 22.1 Å². The number of aromatic nitrogens is 5. The Bertz CT molecular complexity index is 1210. The molecule has 3 N–H and O–H groups in total. The fraction of sp³-hybridized carbons (Fsp3) is 0.381. The summed E-state index contributed by atoms with van der Waals surface area (Å²) in [6.07, 6.45) is 4.62. The van der Waals surface area contributed by atoms with Crippen LogP contribution in [-0.4, -0.2) is 37.1 Å². The third kappa shape index (κ3) is 3.47. The Hall–Kier alpha value is -3.49. The molecule has 1 amide bonds. The summed E-state index contributed by atoms with van der Waals surface area (Å²) in [5.74, 6) is 1.62. The van der Waals surface area contributed by atoms with Crippen molar-refractivity contribution in [2.24, 2.45) is 0 Å². The van der Waals surface area contributed by atoms with Crippen molar-refractivity contribution >= 4 is 33.8 Å². The molecule has 0 aliphatic rings. The average molecular weight is 407 g/mol. The van der Waals surface area contributed by atoms with E-state index in [0.717, 1.165) is 41.6 Å². The molecule has 9 nitrogen and oxygen atoms in total. The molecule has 0 fully saturated rings. The molecule has 4 aromatic heterocycles. The van der Waals surface area contributed by atoms with Gasteiger partial charge in [-0.15, -0.1) is 0 Å². The van der Waals surface area contributed by atoms with Crippen LogP contribution in [0, 0.1) is 13.8 Å². The predicted molar refractivity (Wildman–Crippen MR) is 114 cm³/mol. The summed E-state index contributed by atoms with van der Waals surface area (Å²) >= 11 is 0. The third-order valence-corrected chi connectivity index (χ3v) is 5.18. The number of nitrogens with zero attached hydrogens (tertiary/aromatic N) is 5. The molecule has 0 spiro atoms. The number of hydrogen-bond acceptors (Lipinski definition) is 7. The highest BCUT2D eigenvalue weighted by Crippen LogP contribution is 2.28. The van der Waals surface area contributed by atoms with E-state index in [4.69, 9.17) is 15.2 Å². The lowest BCUT2D eigenvalue weighted by Crippen LogP contribution is -2.28. The number of unbranched alkanes of at least 4 members (excludes halogenated alkanes) is 1. The lowest BCUT2D eigenvalue weighted by Gasteiger charge is -2.11. The zero-order valence-corrected chi connectivity index (χ0v) is 17.4. The maximum atomic E-state index is 12.6. The number of fused-ring (bicyclic) bond motifs is 3. The lowest BCUT2D eigenvalue weighted by molar-refractivity contribution is 0.0950. The number of nitrogen functional groups attached to an aromatic ring is 1. The molecular weight excluding hydrogens is 382 g/mol. The van der Waals surface area contributed by atoms with E-state index < -0.39 is 0 Å². The van der Waals surface area contributed by atoms with Crippen molar-refractivity contribution in [1.82, 2.24) is 30.0 Å². The van der Waals surface area contributed by atoms with Crippen molar-refractivity contribution < 1.29 is 9.32 Å². The van der Waals surface area contributed by atoms with Gasteiger partial charge in [-0.3, -0.25) is 9.78 Å². The first-order chi connectivity index (χ1) is 14.5. The SMILES string of the molecule is CCCCc1nc2c(N)nc3cccnc3c2n1CCNC(=O)c1c(C)noc1C. The summed E-state index contributed by atoms with van der Waals surface area (Å²) in [5, 5.41) is 6.81. The molecule has 0 aliphatic heterocycles. The second-order valence-corrected chi connectivity index (χ2v) is 7.30. The van der Waals surface area contributed by atoms with Crippen molar-refractivity contribution in [3.8, 4) is 0 Å². The van der Waals surface area contributed by atoms with Crippen LogP contribution in [0.1, 0.15) is 47.4 Å². The second-order valence-electron chi connectivity index (χ2n) is 7.30. The van der Waals surface area contributed by atoms with E-state index in [9.17, 15) is 4.79 Å². The van der Waals surface area contributed by atoms with Gasteiger partial charge in [-0.25, -0.2) is 9.97 Å². The van der Waals surface area contributed by atoms with Crippen molar-refractivity contribution in [1.29, 1.82) is 0 Å². The maximum absolute atomic E-state index is 12.6. The molecule has 4 rings (SSSR count). The highest BCUT2D eigenvalue weighted by molar-refractivity contribution is 6.04. The first kappa shape index (κ1) is 19.8. The van der Waals surface area contributed by atoms with Crippen molar-refractivity contribution in [2.75, 3.05) is 12.3 Å². The zero-order valence-electron chi connectivity index (χ0n) is 17.4. The summed E-state index contributed by atoms with van der Waals surface area (Å²) in [6.45, 7) is 6.59. The highest BCUT2D eigenvalue weighted by atomic mass is 16.5. The van der Waals surface area contributed by atoms with Gasteiger partial charge in [0.15, 0.2) is 5.82 Å². The predicted octanol–water partition coefficient (Wildman–Crippen LogP) is 2.94. The zero-order chi connectivity index (χ0) is 21.3. The van der Waals surface area contributed by atoms with E-state index in [1.54, 1.807) is 20.0 Å². The van der Waals surface area contributed by atoms with Crippen LogP contribution in [-0.2, 0) is 13.0 Å². The number of imidazole rings is 1. The van der Waals surface area contributed by atoms with Crippen LogP contribution in [0.3, 0.4) is 0 Å². The lowest BCUT2D eigenvalue weighted by atomic mass is 10.2. The Morgan fingerprint density at radius 2 is 2.10 bits per heavy atom. The molecule has 0 aliphatic carbocycles. The molecule has 0 bridgehead atoms. The Morgan fingerprint density at radius 3 is 2.83 bits per heavy atom. The van der Waals surface area contributed by atoms with Gasteiger partial charge in [0.2, 0.25) is 0 Å². The number of aryl methyl sites for hydroxylation is 3. The van der Waals surface area contributed by atoms with E-state index in [0.29, 0.717) is 41.4 Å². The number of carbonyl (C=O) groups is 1. The summed E-state index contributed by atoms with van der Waals surface area (Å²) in [5.41, 5.74) is 10.3. The summed E-state index contributed by atoms with van der Waals surface area (Å²) in [4.78, 5) is 26.3. The minimum Gasteiger partial charge on any atom is -0.382 e. The molecule has 9 heteroatoms.